The standard InChI is InChI=1S/C29H32O6/c1-27-12-10-20(31)14-19(27)8-9-21-22(27)11-13-28(2)23(21)15-26(29(28,34)25(33)16-30)35-17-24(32)18-6-4-3-5-7-18/h3-7,10-12,14,21,23,26,30,34H,8-9,13,15-17H2,1-2H3/t21-,23+,26-,27+,28+,29-/m1/s1. The van der Waals surface area contributed by atoms with Gasteiger partial charge in [-0.15, -0.1) is 0 Å². The van der Waals surface area contributed by atoms with E-state index >= 15 is 0 Å². The van der Waals surface area contributed by atoms with Gasteiger partial charge in [-0.3, -0.25) is 14.4 Å². The third-order valence-electron chi connectivity index (χ3n) is 9.22. The Bertz CT molecular complexity index is 1160. The van der Waals surface area contributed by atoms with Crippen molar-refractivity contribution in [3.8, 4) is 0 Å². The molecule has 0 bridgehead atoms. The molecule has 1 aromatic carbocycles. The van der Waals surface area contributed by atoms with E-state index in [0.717, 1.165) is 18.4 Å². The number of rotatable bonds is 6. The van der Waals surface area contributed by atoms with Crippen molar-refractivity contribution in [2.45, 2.75) is 51.2 Å². The van der Waals surface area contributed by atoms with Crippen molar-refractivity contribution in [3.63, 3.8) is 0 Å². The molecule has 0 amide bonds. The number of carbonyl (C=O) groups is 3. The van der Waals surface area contributed by atoms with Crippen LogP contribution in [-0.4, -0.2) is 52.5 Å². The number of aliphatic hydroxyl groups is 2. The number of aliphatic hydroxyl groups excluding tert-OH is 1. The molecule has 4 aliphatic carbocycles. The molecule has 6 nitrogen and oxygen atoms in total. The van der Waals surface area contributed by atoms with Crippen LogP contribution in [0.3, 0.4) is 0 Å². The Morgan fingerprint density at radius 2 is 1.91 bits per heavy atom. The second kappa shape index (κ2) is 8.47. The van der Waals surface area contributed by atoms with Crippen LogP contribution in [0, 0.1) is 22.7 Å². The van der Waals surface area contributed by atoms with Gasteiger partial charge in [-0.25, -0.2) is 0 Å². The first kappa shape index (κ1) is 24.0. The Morgan fingerprint density at radius 1 is 1.17 bits per heavy atom. The monoisotopic (exact) mass is 476 g/mol. The number of fused-ring (bicyclic) bond motifs is 5. The van der Waals surface area contributed by atoms with Gasteiger partial charge in [0.2, 0.25) is 0 Å². The highest BCUT2D eigenvalue weighted by Crippen LogP contribution is 2.65. The SMILES string of the molecule is C[C@]12C=CC(=O)C=C1CC[C@@H]1C2=CC[C@@]2(C)[C@H]1C[C@@H](OCC(=O)c1ccccc1)[C@]2(O)C(=O)CO. The number of ether oxygens (including phenoxy) is 1. The Kier molecular flexibility index (Phi) is 5.82. The Balaban J connectivity index is 1.47. The quantitative estimate of drug-likeness (QED) is 0.482. The van der Waals surface area contributed by atoms with Gasteiger partial charge < -0.3 is 14.9 Å². The molecule has 6 atom stereocenters. The Morgan fingerprint density at radius 3 is 2.63 bits per heavy atom. The Labute approximate surface area is 205 Å². The van der Waals surface area contributed by atoms with E-state index in [9.17, 15) is 24.6 Å². The molecule has 0 unspecified atom stereocenters. The van der Waals surface area contributed by atoms with Gasteiger partial charge >= 0.3 is 0 Å². The van der Waals surface area contributed by atoms with E-state index < -0.39 is 29.5 Å². The summed E-state index contributed by atoms with van der Waals surface area (Å²) >= 11 is 0. The maximum atomic E-state index is 13.1. The van der Waals surface area contributed by atoms with E-state index in [4.69, 9.17) is 4.74 Å². The predicted molar refractivity (Wildman–Crippen MR) is 130 cm³/mol. The van der Waals surface area contributed by atoms with Gasteiger partial charge in [-0.2, -0.15) is 0 Å². The first-order valence-electron chi connectivity index (χ1n) is 12.4. The molecule has 0 saturated heterocycles. The number of ketones is 3. The molecule has 0 aliphatic heterocycles. The van der Waals surface area contributed by atoms with E-state index in [0.29, 0.717) is 18.4 Å². The van der Waals surface area contributed by atoms with Crippen LogP contribution >= 0.6 is 0 Å². The van der Waals surface area contributed by atoms with Crippen molar-refractivity contribution >= 4 is 17.3 Å². The molecule has 5 rings (SSSR count). The van der Waals surface area contributed by atoms with E-state index in [2.05, 4.69) is 13.0 Å². The number of carbonyl (C=O) groups excluding carboxylic acids is 3. The number of hydrogen-bond donors (Lipinski definition) is 2. The minimum atomic E-state index is -1.90. The molecule has 2 N–H and O–H groups in total. The van der Waals surface area contributed by atoms with Gasteiger partial charge in [0, 0.05) is 16.4 Å². The van der Waals surface area contributed by atoms with Crippen LogP contribution < -0.4 is 0 Å². The van der Waals surface area contributed by atoms with Crippen molar-refractivity contribution in [1.29, 1.82) is 0 Å². The normalized spacial score (nSPS) is 37.6. The summed E-state index contributed by atoms with van der Waals surface area (Å²) in [5.41, 5.74) is -0.251. The molecule has 0 radical (unpaired) electrons. The minimum absolute atomic E-state index is 0.0116. The number of allylic oxidation sites excluding steroid dienone is 6. The van der Waals surface area contributed by atoms with Crippen LogP contribution in [0.2, 0.25) is 0 Å². The molecular weight excluding hydrogens is 444 g/mol. The fraction of sp³-hybridized carbons (Fsp3) is 0.483. The van der Waals surface area contributed by atoms with Gasteiger partial charge in [-0.05, 0) is 56.6 Å². The third kappa shape index (κ3) is 3.45. The van der Waals surface area contributed by atoms with Crippen molar-refractivity contribution in [2.75, 3.05) is 13.2 Å². The van der Waals surface area contributed by atoms with E-state index in [1.54, 1.807) is 36.4 Å². The van der Waals surface area contributed by atoms with E-state index in [-0.39, 0.29) is 35.4 Å². The molecule has 4 aliphatic rings. The summed E-state index contributed by atoms with van der Waals surface area (Å²) in [5, 5.41) is 21.7. The molecule has 2 saturated carbocycles. The number of benzene rings is 1. The van der Waals surface area contributed by atoms with Crippen LogP contribution in [0.1, 0.15) is 49.9 Å². The van der Waals surface area contributed by atoms with Crippen molar-refractivity contribution in [1.82, 2.24) is 0 Å². The smallest absolute Gasteiger partial charge is 0.192 e. The average Bonchev–Trinajstić information content (AvgIpc) is 3.10. The van der Waals surface area contributed by atoms with Gasteiger partial charge in [-0.1, -0.05) is 60.6 Å². The maximum absolute atomic E-state index is 13.1. The summed E-state index contributed by atoms with van der Waals surface area (Å²) in [6.45, 7) is 3.00. The van der Waals surface area contributed by atoms with Gasteiger partial charge in [0.15, 0.2) is 23.0 Å². The lowest BCUT2D eigenvalue weighted by Gasteiger charge is -2.53. The summed E-state index contributed by atoms with van der Waals surface area (Å²) in [6.07, 6.45) is 9.03. The second-order valence-corrected chi connectivity index (χ2v) is 10.8. The van der Waals surface area contributed by atoms with Gasteiger partial charge in [0.05, 0.1) is 6.10 Å². The van der Waals surface area contributed by atoms with Crippen molar-refractivity contribution in [3.05, 3.63) is 71.3 Å². The van der Waals surface area contributed by atoms with Crippen LogP contribution in [0.25, 0.3) is 0 Å². The zero-order valence-electron chi connectivity index (χ0n) is 20.2. The minimum Gasteiger partial charge on any atom is -0.388 e. The van der Waals surface area contributed by atoms with Gasteiger partial charge in [0.1, 0.15) is 13.2 Å². The topological polar surface area (TPSA) is 101 Å². The first-order valence-corrected chi connectivity index (χ1v) is 12.4. The third-order valence-corrected chi connectivity index (χ3v) is 9.22. The lowest BCUT2D eigenvalue weighted by atomic mass is 9.51. The zero-order valence-corrected chi connectivity index (χ0v) is 20.2. The lowest BCUT2D eigenvalue weighted by Crippen LogP contribution is -2.60. The number of hydrogen-bond acceptors (Lipinski definition) is 6. The molecule has 2 fully saturated rings. The van der Waals surface area contributed by atoms with E-state index in [1.165, 1.54) is 5.57 Å². The summed E-state index contributed by atoms with van der Waals surface area (Å²) in [6, 6.07) is 8.79. The summed E-state index contributed by atoms with van der Waals surface area (Å²) in [5.74, 6) is -0.839. The molecule has 35 heavy (non-hydrogen) atoms. The van der Waals surface area contributed by atoms with Gasteiger partial charge in [0.25, 0.3) is 0 Å². The van der Waals surface area contributed by atoms with Crippen LogP contribution in [-0.2, 0) is 14.3 Å². The molecule has 184 valence electrons. The van der Waals surface area contributed by atoms with Crippen LogP contribution in [0.5, 0.6) is 0 Å². The maximum Gasteiger partial charge on any atom is 0.192 e. The second-order valence-electron chi connectivity index (χ2n) is 10.8. The molecule has 1 aromatic rings. The Hall–Kier alpha value is -2.67. The lowest BCUT2D eigenvalue weighted by molar-refractivity contribution is -0.174. The molecule has 0 heterocycles. The first-order chi connectivity index (χ1) is 16.6. The molecule has 6 heteroatoms. The summed E-state index contributed by atoms with van der Waals surface area (Å²) in [7, 11) is 0. The fourth-order valence-electron chi connectivity index (χ4n) is 7.21. The van der Waals surface area contributed by atoms with Crippen molar-refractivity contribution < 1.29 is 29.3 Å². The zero-order chi connectivity index (χ0) is 25.0. The highest BCUT2D eigenvalue weighted by Gasteiger charge is 2.69. The molecular formula is C29H32O6. The summed E-state index contributed by atoms with van der Waals surface area (Å²) in [4.78, 5) is 37.8. The highest BCUT2D eigenvalue weighted by molar-refractivity contribution is 6.01. The highest BCUT2D eigenvalue weighted by atomic mass is 16.5. The van der Waals surface area contributed by atoms with E-state index in [1.807, 2.05) is 19.1 Å². The predicted octanol–water partition coefficient (Wildman–Crippen LogP) is 3.38. The molecule has 0 spiro atoms. The average molecular weight is 477 g/mol. The molecule has 0 aromatic heterocycles. The number of Topliss-reactive ketones (excluding diaryl/α,β-unsaturated/α-hetero) is 2. The largest absolute Gasteiger partial charge is 0.388 e. The van der Waals surface area contributed by atoms with Crippen molar-refractivity contribution in [2.24, 2.45) is 22.7 Å². The fourth-order valence-corrected chi connectivity index (χ4v) is 7.21. The summed E-state index contributed by atoms with van der Waals surface area (Å²) < 4.78 is 6.02. The van der Waals surface area contributed by atoms with Crippen LogP contribution in [0.4, 0.5) is 0 Å². The van der Waals surface area contributed by atoms with Crippen LogP contribution in [0.15, 0.2) is 65.8 Å².